The highest BCUT2D eigenvalue weighted by molar-refractivity contribution is 5.46. The van der Waals surface area contributed by atoms with E-state index in [0.717, 1.165) is 0 Å². The molecule has 1 atom stereocenters. The summed E-state index contributed by atoms with van der Waals surface area (Å²) in [6, 6.07) is 10.0. The predicted molar refractivity (Wildman–Crippen MR) is 74.8 cm³/mol. The SMILES string of the molecule is COc1ccccc1Oc1cc(C)c(F)cc1[C@@H](C)O. The zero-order valence-electron chi connectivity index (χ0n) is 11.7. The van der Waals surface area contributed by atoms with Gasteiger partial charge in [0.1, 0.15) is 11.6 Å². The summed E-state index contributed by atoms with van der Waals surface area (Å²) in [5.74, 6) is 1.14. The molecule has 0 radical (unpaired) electrons. The molecular formula is C16H17FO3. The Bertz CT molecular complexity index is 609. The summed E-state index contributed by atoms with van der Waals surface area (Å²) in [5.41, 5.74) is 0.860. The lowest BCUT2D eigenvalue weighted by atomic mass is 10.1. The minimum absolute atomic E-state index is 0.367. The molecule has 0 saturated carbocycles. The van der Waals surface area contributed by atoms with Crippen LogP contribution in [0.2, 0.25) is 0 Å². The lowest BCUT2D eigenvalue weighted by Gasteiger charge is -2.16. The zero-order chi connectivity index (χ0) is 14.7. The molecule has 0 saturated heterocycles. The topological polar surface area (TPSA) is 38.7 Å². The maximum atomic E-state index is 13.6. The molecule has 0 aliphatic heterocycles. The summed E-state index contributed by atoms with van der Waals surface area (Å²) in [5, 5.41) is 9.75. The number of para-hydroxylation sites is 2. The van der Waals surface area contributed by atoms with Crippen LogP contribution >= 0.6 is 0 Å². The molecule has 20 heavy (non-hydrogen) atoms. The number of rotatable bonds is 4. The van der Waals surface area contributed by atoms with Crippen molar-refractivity contribution < 1.29 is 19.0 Å². The lowest BCUT2D eigenvalue weighted by Crippen LogP contribution is -2.00. The van der Waals surface area contributed by atoms with E-state index in [4.69, 9.17) is 9.47 Å². The average Bonchev–Trinajstić information content (AvgIpc) is 2.43. The summed E-state index contributed by atoms with van der Waals surface area (Å²) in [4.78, 5) is 0. The van der Waals surface area contributed by atoms with Gasteiger partial charge in [-0.25, -0.2) is 4.39 Å². The fraction of sp³-hybridized carbons (Fsp3) is 0.250. The van der Waals surface area contributed by atoms with E-state index in [2.05, 4.69) is 0 Å². The van der Waals surface area contributed by atoms with Crippen LogP contribution in [0.25, 0.3) is 0 Å². The van der Waals surface area contributed by atoms with Crippen LogP contribution in [0.5, 0.6) is 17.2 Å². The van der Waals surface area contributed by atoms with E-state index in [0.29, 0.717) is 28.4 Å². The molecule has 2 rings (SSSR count). The van der Waals surface area contributed by atoms with Crippen LogP contribution in [0, 0.1) is 12.7 Å². The summed E-state index contributed by atoms with van der Waals surface area (Å²) in [6.07, 6.45) is -0.824. The Balaban J connectivity index is 2.45. The van der Waals surface area contributed by atoms with Crippen molar-refractivity contribution in [2.75, 3.05) is 7.11 Å². The first-order chi connectivity index (χ1) is 9.52. The van der Waals surface area contributed by atoms with Crippen LogP contribution < -0.4 is 9.47 Å². The minimum Gasteiger partial charge on any atom is -0.493 e. The van der Waals surface area contributed by atoms with Crippen molar-refractivity contribution in [2.24, 2.45) is 0 Å². The number of hydrogen-bond donors (Lipinski definition) is 1. The zero-order valence-corrected chi connectivity index (χ0v) is 11.7. The summed E-state index contributed by atoms with van der Waals surface area (Å²) in [7, 11) is 1.55. The minimum atomic E-state index is -0.824. The van der Waals surface area contributed by atoms with Gasteiger partial charge in [0, 0.05) is 5.56 Å². The van der Waals surface area contributed by atoms with Gasteiger partial charge in [-0.2, -0.15) is 0 Å². The van der Waals surface area contributed by atoms with Crippen molar-refractivity contribution in [3.05, 3.63) is 53.3 Å². The van der Waals surface area contributed by atoms with Gasteiger partial charge in [0.15, 0.2) is 11.5 Å². The molecule has 0 aliphatic rings. The van der Waals surface area contributed by atoms with Crippen LogP contribution in [-0.2, 0) is 0 Å². The smallest absolute Gasteiger partial charge is 0.169 e. The first-order valence-electron chi connectivity index (χ1n) is 6.32. The molecule has 0 heterocycles. The fourth-order valence-corrected chi connectivity index (χ4v) is 1.91. The predicted octanol–water partition coefficient (Wildman–Crippen LogP) is 3.99. The van der Waals surface area contributed by atoms with Crippen molar-refractivity contribution in [2.45, 2.75) is 20.0 Å². The van der Waals surface area contributed by atoms with Crippen molar-refractivity contribution in [1.82, 2.24) is 0 Å². The monoisotopic (exact) mass is 276 g/mol. The molecule has 2 aromatic rings. The molecular weight excluding hydrogens is 259 g/mol. The molecule has 0 aliphatic carbocycles. The number of aryl methyl sites for hydroxylation is 1. The summed E-state index contributed by atoms with van der Waals surface area (Å²) >= 11 is 0. The van der Waals surface area contributed by atoms with E-state index in [9.17, 15) is 9.50 Å². The molecule has 4 heteroatoms. The molecule has 2 aromatic carbocycles. The van der Waals surface area contributed by atoms with Gasteiger partial charge in [0.2, 0.25) is 0 Å². The van der Waals surface area contributed by atoms with Gasteiger partial charge < -0.3 is 14.6 Å². The lowest BCUT2D eigenvalue weighted by molar-refractivity contribution is 0.195. The number of aliphatic hydroxyl groups excluding tert-OH is 1. The van der Waals surface area contributed by atoms with Crippen LogP contribution in [0.4, 0.5) is 4.39 Å². The van der Waals surface area contributed by atoms with Gasteiger partial charge in [0.05, 0.1) is 13.2 Å². The third-order valence-electron chi connectivity index (χ3n) is 3.03. The van der Waals surface area contributed by atoms with Crippen molar-refractivity contribution >= 4 is 0 Å². The van der Waals surface area contributed by atoms with Crippen molar-refractivity contribution in [1.29, 1.82) is 0 Å². The van der Waals surface area contributed by atoms with Crippen LogP contribution in [0.1, 0.15) is 24.2 Å². The first kappa shape index (κ1) is 14.3. The van der Waals surface area contributed by atoms with Crippen molar-refractivity contribution in [3.63, 3.8) is 0 Å². The Hall–Kier alpha value is -2.07. The quantitative estimate of drug-likeness (QED) is 0.917. The second kappa shape index (κ2) is 5.92. The maximum absolute atomic E-state index is 13.6. The van der Waals surface area contributed by atoms with E-state index in [-0.39, 0.29) is 5.82 Å². The molecule has 1 N–H and O–H groups in total. The standard InChI is InChI=1S/C16H17FO3/c1-10-8-16(12(11(2)18)9-13(10)17)20-15-7-5-4-6-14(15)19-3/h4-9,11,18H,1-3H3/t11-/m1/s1. The molecule has 0 amide bonds. The van der Waals surface area contributed by atoms with Gasteiger partial charge >= 0.3 is 0 Å². The average molecular weight is 276 g/mol. The van der Waals surface area contributed by atoms with Crippen LogP contribution in [-0.4, -0.2) is 12.2 Å². The molecule has 3 nitrogen and oxygen atoms in total. The van der Waals surface area contributed by atoms with Gasteiger partial charge in [-0.05, 0) is 43.7 Å². The molecule has 106 valence electrons. The largest absolute Gasteiger partial charge is 0.493 e. The number of benzene rings is 2. The second-order valence-corrected chi connectivity index (χ2v) is 4.57. The molecule has 0 spiro atoms. The van der Waals surface area contributed by atoms with Gasteiger partial charge in [0.25, 0.3) is 0 Å². The third kappa shape index (κ3) is 2.91. The Morgan fingerprint density at radius 2 is 1.75 bits per heavy atom. The third-order valence-corrected chi connectivity index (χ3v) is 3.03. The number of aliphatic hydroxyl groups is 1. The first-order valence-corrected chi connectivity index (χ1v) is 6.32. The highest BCUT2D eigenvalue weighted by Gasteiger charge is 2.15. The number of ether oxygens (including phenoxy) is 2. The number of halogens is 1. The van der Waals surface area contributed by atoms with Crippen molar-refractivity contribution in [3.8, 4) is 17.2 Å². The molecule has 0 bridgehead atoms. The Morgan fingerprint density at radius 1 is 1.10 bits per heavy atom. The maximum Gasteiger partial charge on any atom is 0.169 e. The number of methoxy groups -OCH3 is 1. The molecule has 0 aromatic heterocycles. The van der Waals surface area contributed by atoms with E-state index < -0.39 is 6.10 Å². The van der Waals surface area contributed by atoms with E-state index >= 15 is 0 Å². The highest BCUT2D eigenvalue weighted by atomic mass is 19.1. The molecule has 0 unspecified atom stereocenters. The Morgan fingerprint density at radius 3 is 2.35 bits per heavy atom. The normalized spacial score (nSPS) is 12.1. The van der Waals surface area contributed by atoms with E-state index in [1.165, 1.54) is 6.07 Å². The van der Waals surface area contributed by atoms with Gasteiger partial charge in [-0.15, -0.1) is 0 Å². The second-order valence-electron chi connectivity index (χ2n) is 4.57. The van der Waals surface area contributed by atoms with Crippen LogP contribution in [0.3, 0.4) is 0 Å². The van der Waals surface area contributed by atoms with Gasteiger partial charge in [-0.3, -0.25) is 0 Å². The molecule has 0 fully saturated rings. The summed E-state index contributed by atoms with van der Waals surface area (Å²) in [6.45, 7) is 3.22. The Labute approximate surface area is 117 Å². The van der Waals surface area contributed by atoms with Gasteiger partial charge in [-0.1, -0.05) is 12.1 Å². The van der Waals surface area contributed by atoms with Crippen LogP contribution in [0.15, 0.2) is 36.4 Å². The fourth-order valence-electron chi connectivity index (χ4n) is 1.91. The van der Waals surface area contributed by atoms with E-state index in [1.54, 1.807) is 39.2 Å². The van der Waals surface area contributed by atoms with E-state index in [1.807, 2.05) is 12.1 Å². The summed E-state index contributed by atoms with van der Waals surface area (Å²) < 4.78 is 24.6. The number of hydrogen-bond acceptors (Lipinski definition) is 3. The highest BCUT2D eigenvalue weighted by Crippen LogP contribution is 2.36. The Kier molecular flexibility index (Phi) is 4.25.